The molecule has 4 rings (SSSR count). The van der Waals surface area contributed by atoms with Crippen molar-refractivity contribution in [3.05, 3.63) is 35.9 Å². The van der Waals surface area contributed by atoms with Gasteiger partial charge in [0.05, 0.1) is 24.5 Å². The van der Waals surface area contributed by atoms with Crippen LogP contribution in [0.1, 0.15) is 48.6 Å². The second-order valence-corrected chi connectivity index (χ2v) is 7.33. The molecule has 0 bridgehead atoms. The lowest BCUT2D eigenvalue weighted by molar-refractivity contribution is -0.174. The molecule has 2 aromatic rings. The predicted octanol–water partition coefficient (Wildman–Crippen LogP) is 3.39. The first kappa shape index (κ1) is 18.9. The lowest BCUT2D eigenvalue weighted by atomic mass is 10.0. The number of ether oxygens (including phenoxy) is 1. The van der Waals surface area contributed by atoms with E-state index in [1.165, 1.54) is 12.3 Å². The third-order valence-electron chi connectivity index (χ3n) is 5.00. The first-order valence-corrected chi connectivity index (χ1v) is 9.13. The number of nitrogens with zero attached hydrogens (tertiary/aromatic N) is 3. The molecule has 4 heterocycles. The van der Waals surface area contributed by atoms with E-state index in [4.69, 9.17) is 9.15 Å². The average molecular weight is 398 g/mol. The molecule has 4 atom stereocenters. The minimum Gasteiger partial charge on any atom is -0.467 e. The van der Waals surface area contributed by atoms with Gasteiger partial charge >= 0.3 is 6.18 Å². The van der Waals surface area contributed by atoms with E-state index in [1.54, 1.807) is 17.0 Å². The molecule has 0 aliphatic carbocycles. The number of carbonyl (C=O) groups excluding carboxylic acids is 1. The lowest BCUT2D eigenvalue weighted by Crippen LogP contribution is -2.48. The van der Waals surface area contributed by atoms with Crippen LogP contribution in [0.3, 0.4) is 0 Å². The van der Waals surface area contributed by atoms with Crippen LogP contribution in [0, 0.1) is 0 Å². The standard InChI is InChI=1S/C18H21F3N4O3/c1-10-8-24(9-11(2)28-10)17(26)13-7-16-22-12(14-4-3-5-27-14)6-15(18(19,20)21)25(16)23-13/h3-5,7,10-12,15,22H,6,8-9H2,1-2H3. The highest BCUT2D eigenvalue weighted by molar-refractivity contribution is 5.93. The molecule has 2 aliphatic rings. The van der Waals surface area contributed by atoms with Crippen LogP contribution in [-0.4, -0.2) is 52.1 Å². The van der Waals surface area contributed by atoms with Crippen LogP contribution in [0.5, 0.6) is 0 Å². The summed E-state index contributed by atoms with van der Waals surface area (Å²) in [5, 5.41) is 7.02. The Balaban J connectivity index is 1.64. The van der Waals surface area contributed by atoms with E-state index in [1.807, 2.05) is 13.8 Å². The highest BCUT2D eigenvalue weighted by atomic mass is 19.4. The summed E-state index contributed by atoms with van der Waals surface area (Å²) in [5.74, 6) is 0.152. The number of furan rings is 1. The maximum Gasteiger partial charge on any atom is 0.410 e. The number of halogens is 3. The number of carbonyl (C=O) groups is 1. The number of anilines is 1. The zero-order chi connectivity index (χ0) is 20.1. The summed E-state index contributed by atoms with van der Waals surface area (Å²) in [4.78, 5) is 14.4. The normalized spacial score (nSPS) is 28.0. The van der Waals surface area contributed by atoms with Crippen LogP contribution in [-0.2, 0) is 4.74 Å². The maximum absolute atomic E-state index is 13.7. The van der Waals surface area contributed by atoms with Crippen LogP contribution in [0.25, 0.3) is 0 Å². The highest BCUT2D eigenvalue weighted by Crippen LogP contribution is 2.43. The first-order valence-electron chi connectivity index (χ1n) is 9.13. The molecule has 1 fully saturated rings. The van der Waals surface area contributed by atoms with E-state index in [0.29, 0.717) is 18.8 Å². The van der Waals surface area contributed by atoms with Gasteiger partial charge in [-0.25, -0.2) is 4.68 Å². The van der Waals surface area contributed by atoms with E-state index in [9.17, 15) is 18.0 Å². The molecule has 0 spiro atoms. The third-order valence-corrected chi connectivity index (χ3v) is 5.00. The van der Waals surface area contributed by atoms with Crippen LogP contribution < -0.4 is 5.32 Å². The number of nitrogens with one attached hydrogen (secondary N) is 1. The van der Waals surface area contributed by atoms with E-state index in [-0.39, 0.29) is 30.1 Å². The summed E-state index contributed by atoms with van der Waals surface area (Å²) in [6, 6.07) is 2.13. The monoisotopic (exact) mass is 398 g/mol. The van der Waals surface area contributed by atoms with Gasteiger partial charge in [0.15, 0.2) is 11.7 Å². The van der Waals surface area contributed by atoms with Crippen molar-refractivity contribution in [2.75, 3.05) is 18.4 Å². The van der Waals surface area contributed by atoms with Gasteiger partial charge < -0.3 is 19.4 Å². The maximum atomic E-state index is 13.7. The topological polar surface area (TPSA) is 72.5 Å². The Hall–Kier alpha value is -2.49. The largest absolute Gasteiger partial charge is 0.467 e. The number of alkyl halides is 3. The number of amides is 1. The Morgan fingerprint density at radius 3 is 2.61 bits per heavy atom. The number of aromatic nitrogens is 2. The fourth-order valence-electron chi connectivity index (χ4n) is 3.86. The Morgan fingerprint density at radius 1 is 1.29 bits per heavy atom. The van der Waals surface area contributed by atoms with Gasteiger partial charge in [0, 0.05) is 25.6 Å². The van der Waals surface area contributed by atoms with Crippen molar-refractivity contribution < 1.29 is 27.1 Å². The quantitative estimate of drug-likeness (QED) is 0.840. The molecule has 10 heteroatoms. The fraction of sp³-hybridized carbons (Fsp3) is 0.556. The molecule has 0 saturated carbocycles. The molecule has 152 valence electrons. The van der Waals surface area contributed by atoms with Crippen molar-refractivity contribution >= 4 is 11.7 Å². The van der Waals surface area contributed by atoms with Gasteiger partial charge in [-0.15, -0.1) is 0 Å². The van der Waals surface area contributed by atoms with E-state index in [2.05, 4.69) is 10.4 Å². The van der Waals surface area contributed by atoms with Gasteiger partial charge in [0.2, 0.25) is 0 Å². The SMILES string of the molecule is CC1CN(C(=O)c2cc3n(n2)C(C(F)(F)F)CC(c2ccco2)N3)CC(C)O1. The van der Waals surface area contributed by atoms with Crippen molar-refractivity contribution in [1.82, 2.24) is 14.7 Å². The molecule has 7 nitrogen and oxygen atoms in total. The third kappa shape index (κ3) is 3.48. The average Bonchev–Trinajstić information content (AvgIpc) is 3.27. The van der Waals surface area contributed by atoms with Gasteiger partial charge in [-0.05, 0) is 26.0 Å². The predicted molar refractivity (Wildman–Crippen MR) is 92.9 cm³/mol. The van der Waals surface area contributed by atoms with Crippen LogP contribution >= 0.6 is 0 Å². The zero-order valence-electron chi connectivity index (χ0n) is 15.4. The minimum absolute atomic E-state index is 0.0156. The molecule has 4 unspecified atom stereocenters. The molecule has 0 radical (unpaired) electrons. The molecule has 0 aromatic carbocycles. The molecule has 1 saturated heterocycles. The van der Waals surface area contributed by atoms with E-state index in [0.717, 1.165) is 4.68 Å². The smallest absolute Gasteiger partial charge is 0.410 e. The van der Waals surface area contributed by atoms with Gasteiger partial charge in [0.1, 0.15) is 11.6 Å². The second kappa shape index (κ2) is 6.84. The summed E-state index contributed by atoms with van der Waals surface area (Å²) in [7, 11) is 0. The Labute approximate surface area is 159 Å². The van der Waals surface area contributed by atoms with Gasteiger partial charge in [0.25, 0.3) is 5.91 Å². The molecular weight excluding hydrogens is 377 g/mol. The van der Waals surface area contributed by atoms with Crippen molar-refractivity contribution in [3.63, 3.8) is 0 Å². The van der Waals surface area contributed by atoms with Crippen molar-refractivity contribution in [2.24, 2.45) is 0 Å². The highest BCUT2D eigenvalue weighted by Gasteiger charge is 2.47. The van der Waals surface area contributed by atoms with Crippen molar-refractivity contribution in [2.45, 2.75) is 50.7 Å². The van der Waals surface area contributed by atoms with E-state index >= 15 is 0 Å². The number of fused-ring (bicyclic) bond motifs is 1. The summed E-state index contributed by atoms with van der Waals surface area (Å²) < 4.78 is 52.8. The van der Waals surface area contributed by atoms with Gasteiger partial charge in [-0.3, -0.25) is 4.79 Å². The van der Waals surface area contributed by atoms with Crippen LogP contribution in [0.15, 0.2) is 28.9 Å². The summed E-state index contributed by atoms with van der Waals surface area (Å²) in [6.07, 6.45) is -3.65. The Morgan fingerprint density at radius 2 is 2.00 bits per heavy atom. The summed E-state index contributed by atoms with van der Waals surface area (Å²) in [5.41, 5.74) is -0.0156. The van der Waals surface area contributed by atoms with Gasteiger partial charge in [-0.1, -0.05) is 0 Å². The summed E-state index contributed by atoms with van der Waals surface area (Å²) >= 11 is 0. The van der Waals surface area contributed by atoms with Crippen LogP contribution in [0.4, 0.5) is 19.0 Å². The molecule has 28 heavy (non-hydrogen) atoms. The minimum atomic E-state index is -4.50. The number of morpholine rings is 1. The molecule has 2 aromatic heterocycles. The lowest BCUT2D eigenvalue weighted by Gasteiger charge is -2.34. The number of hydrogen-bond acceptors (Lipinski definition) is 5. The molecule has 1 amide bonds. The molecule has 2 aliphatic heterocycles. The number of hydrogen-bond donors (Lipinski definition) is 1. The summed E-state index contributed by atoms with van der Waals surface area (Å²) in [6.45, 7) is 4.44. The van der Waals surface area contributed by atoms with Crippen molar-refractivity contribution in [1.29, 1.82) is 0 Å². The Bertz CT molecular complexity index is 839. The van der Waals surface area contributed by atoms with Crippen molar-refractivity contribution in [3.8, 4) is 0 Å². The molecular formula is C18H21F3N4O3. The van der Waals surface area contributed by atoms with Crippen LogP contribution in [0.2, 0.25) is 0 Å². The zero-order valence-corrected chi connectivity index (χ0v) is 15.4. The van der Waals surface area contributed by atoms with Gasteiger partial charge in [-0.2, -0.15) is 18.3 Å². The fourth-order valence-corrected chi connectivity index (χ4v) is 3.86. The second-order valence-electron chi connectivity index (χ2n) is 7.33. The Kier molecular flexibility index (Phi) is 4.60. The van der Waals surface area contributed by atoms with E-state index < -0.39 is 24.2 Å². The number of rotatable bonds is 2. The molecule has 1 N–H and O–H groups in total. The first-order chi connectivity index (χ1) is 13.2.